The van der Waals surface area contributed by atoms with Crippen LogP contribution in [0.2, 0.25) is 0 Å². The molecule has 0 N–H and O–H groups in total. The molecule has 1 aromatic rings. The van der Waals surface area contributed by atoms with Gasteiger partial charge in [0.2, 0.25) is 0 Å². The van der Waals surface area contributed by atoms with Crippen LogP contribution in [0.4, 0.5) is 10.1 Å². The minimum atomic E-state index is -0.253. The lowest BCUT2D eigenvalue weighted by atomic mass is 10.0. The lowest BCUT2D eigenvalue weighted by Gasteiger charge is -2.42. The van der Waals surface area contributed by atoms with E-state index in [2.05, 4.69) is 18.7 Å². The third kappa shape index (κ3) is 1.33. The first-order valence-electron chi connectivity index (χ1n) is 4.67. The molecule has 0 aliphatic carbocycles. The van der Waals surface area contributed by atoms with Crippen molar-refractivity contribution in [3.63, 3.8) is 0 Å². The molecule has 0 bridgehead atoms. The number of benzene rings is 1. The molecule has 1 aromatic carbocycles. The normalized spacial score (nSPS) is 18.7. The van der Waals surface area contributed by atoms with Crippen molar-refractivity contribution in [1.82, 2.24) is 0 Å². The number of hydrogen-bond acceptors (Lipinski definition) is 2. The van der Waals surface area contributed by atoms with Crippen molar-refractivity contribution in [2.45, 2.75) is 19.4 Å². The number of fused-ring (bicyclic) bond motifs is 1. The van der Waals surface area contributed by atoms with Crippen LogP contribution < -0.4 is 9.64 Å². The van der Waals surface area contributed by atoms with E-state index in [0.717, 1.165) is 5.69 Å². The number of anilines is 1. The largest absolute Gasteiger partial charge is 0.489 e. The van der Waals surface area contributed by atoms with Gasteiger partial charge in [0.25, 0.3) is 0 Å². The lowest BCUT2D eigenvalue weighted by Crippen LogP contribution is -2.49. The summed E-state index contributed by atoms with van der Waals surface area (Å²) in [5.74, 6) is 0.378. The highest BCUT2D eigenvalue weighted by Gasteiger charge is 2.31. The monoisotopic (exact) mass is 195 g/mol. The minimum absolute atomic E-state index is 0.0369. The van der Waals surface area contributed by atoms with Gasteiger partial charge < -0.3 is 9.64 Å². The maximum atomic E-state index is 12.9. The molecular formula is C11H14FNO. The quantitative estimate of drug-likeness (QED) is 0.630. The standard InChI is InChI=1S/C11H14FNO/c1-11(2)7-14-10-6-8(12)4-5-9(10)13(11)3/h4-6H,7H2,1-3H3. The van der Waals surface area contributed by atoms with Crippen molar-refractivity contribution < 1.29 is 9.13 Å². The zero-order chi connectivity index (χ0) is 10.3. The molecule has 0 unspecified atom stereocenters. The van der Waals surface area contributed by atoms with Gasteiger partial charge in [-0.2, -0.15) is 0 Å². The Bertz CT molecular complexity index is 362. The minimum Gasteiger partial charge on any atom is -0.489 e. The van der Waals surface area contributed by atoms with Gasteiger partial charge in [-0.05, 0) is 26.0 Å². The molecule has 0 radical (unpaired) electrons. The molecule has 0 amide bonds. The van der Waals surface area contributed by atoms with Gasteiger partial charge in [0, 0.05) is 13.1 Å². The Balaban J connectivity index is 2.46. The van der Waals surface area contributed by atoms with Crippen LogP contribution in [0.25, 0.3) is 0 Å². The number of likely N-dealkylation sites (N-methyl/N-ethyl adjacent to an activating group) is 1. The molecule has 0 aromatic heterocycles. The zero-order valence-corrected chi connectivity index (χ0v) is 8.67. The van der Waals surface area contributed by atoms with Crippen LogP contribution in [0.15, 0.2) is 18.2 Å². The Morgan fingerprint density at radius 2 is 2.14 bits per heavy atom. The molecule has 0 saturated heterocycles. The Kier molecular flexibility index (Phi) is 1.91. The van der Waals surface area contributed by atoms with E-state index in [9.17, 15) is 4.39 Å². The van der Waals surface area contributed by atoms with Gasteiger partial charge in [-0.1, -0.05) is 0 Å². The van der Waals surface area contributed by atoms with Crippen molar-refractivity contribution in [2.75, 3.05) is 18.6 Å². The average molecular weight is 195 g/mol. The summed E-state index contributed by atoms with van der Waals surface area (Å²) in [4.78, 5) is 2.12. The SMILES string of the molecule is CN1c2ccc(F)cc2OCC1(C)C. The zero-order valence-electron chi connectivity index (χ0n) is 8.67. The van der Waals surface area contributed by atoms with Crippen LogP contribution in [0.5, 0.6) is 5.75 Å². The van der Waals surface area contributed by atoms with E-state index in [1.54, 1.807) is 6.07 Å². The summed E-state index contributed by atoms with van der Waals surface area (Å²) in [6.45, 7) is 4.78. The maximum absolute atomic E-state index is 12.9. The van der Waals surface area contributed by atoms with E-state index < -0.39 is 0 Å². The van der Waals surface area contributed by atoms with Gasteiger partial charge in [0.15, 0.2) is 0 Å². The van der Waals surface area contributed by atoms with E-state index >= 15 is 0 Å². The third-order valence-electron chi connectivity index (χ3n) is 2.77. The molecule has 1 aliphatic rings. The van der Waals surface area contributed by atoms with E-state index in [4.69, 9.17) is 4.74 Å². The molecule has 14 heavy (non-hydrogen) atoms. The predicted molar refractivity (Wildman–Crippen MR) is 54.4 cm³/mol. The lowest BCUT2D eigenvalue weighted by molar-refractivity contribution is 0.217. The molecule has 0 spiro atoms. The number of rotatable bonds is 0. The number of ether oxygens (including phenoxy) is 1. The summed E-state index contributed by atoms with van der Waals surface area (Å²) < 4.78 is 18.4. The summed E-state index contributed by atoms with van der Waals surface area (Å²) in [5, 5.41) is 0. The van der Waals surface area contributed by atoms with Crippen LogP contribution >= 0.6 is 0 Å². The van der Waals surface area contributed by atoms with Gasteiger partial charge in [0.1, 0.15) is 18.2 Å². The average Bonchev–Trinajstić information content (AvgIpc) is 2.12. The van der Waals surface area contributed by atoms with E-state index in [-0.39, 0.29) is 11.4 Å². The Morgan fingerprint density at radius 3 is 2.86 bits per heavy atom. The van der Waals surface area contributed by atoms with Gasteiger partial charge in [-0.15, -0.1) is 0 Å². The third-order valence-corrected chi connectivity index (χ3v) is 2.77. The van der Waals surface area contributed by atoms with Crippen molar-refractivity contribution >= 4 is 5.69 Å². The molecule has 3 heteroatoms. The molecule has 76 valence electrons. The summed E-state index contributed by atoms with van der Waals surface area (Å²) in [5.41, 5.74) is 0.910. The van der Waals surface area contributed by atoms with Gasteiger partial charge in [-0.25, -0.2) is 4.39 Å². The molecule has 0 atom stereocenters. The summed E-state index contributed by atoms with van der Waals surface area (Å²) in [6.07, 6.45) is 0. The second kappa shape index (κ2) is 2.87. The first kappa shape index (κ1) is 9.31. The van der Waals surface area contributed by atoms with Crippen molar-refractivity contribution in [2.24, 2.45) is 0 Å². The van der Waals surface area contributed by atoms with Crippen LogP contribution in [-0.2, 0) is 0 Å². The molecular weight excluding hydrogens is 181 g/mol. The maximum Gasteiger partial charge on any atom is 0.145 e. The Hall–Kier alpha value is -1.25. The smallest absolute Gasteiger partial charge is 0.145 e. The van der Waals surface area contributed by atoms with Crippen molar-refractivity contribution in [1.29, 1.82) is 0 Å². The highest BCUT2D eigenvalue weighted by molar-refractivity contribution is 5.61. The highest BCUT2D eigenvalue weighted by atomic mass is 19.1. The van der Waals surface area contributed by atoms with Crippen LogP contribution in [0, 0.1) is 5.82 Å². The van der Waals surface area contributed by atoms with Gasteiger partial charge >= 0.3 is 0 Å². The van der Waals surface area contributed by atoms with Gasteiger partial charge in [0.05, 0.1) is 11.2 Å². The Labute approximate surface area is 83.3 Å². The van der Waals surface area contributed by atoms with Crippen LogP contribution in [0.3, 0.4) is 0 Å². The number of hydrogen-bond donors (Lipinski definition) is 0. The predicted octanol–water partition coefficient (Wildman–Crippen LogP) is 2.43. The van der Waals surface area contributed by atoms with E-state index in [0.29, 0.717) is 12.4 Å². The first-order valence-corrected chi connectivity index (χ1v) is 4.67. The molecule has 1 aliphatic heterocycles. The van der Waals surface area contributed by atoms with Crippen molar-refractivity contribution in [3.05, 3.63) is 24.0 Å². The Morgan fingerprint density at radius 1 is 1.43 bits per heavy atom. The van der Waals surface area contributed by atoms with Crippen LogP contribution in [0.1, 0.15) is 13.8 Å². The molecule has 1 heterocycles. The van der Waals surface area contributed by atoms with E-state index in [1.165, 1.54) is 12.1 Å². The number of halogens is 1. The van der Waals surface area contributed by atoms with Crippen molar-refractivity contribution in [3.8, 4) is 5.75 Å². The van der Waals surface area contributed by atoms with Crippen LogP contribution in [-0.4, -0.2) is 19.2 Å². The number of nitrogens with zero attached hydrogens (tertiary/aromatic N) is 1. The first-order chi connectivity index (χ1) is 6.50. The molecule has 0 fully saturated rings. The summed E-state index contributed by atoms with van der Waals surface area (Å²) in [7, 11) is 2.00. The fraction of sp³-hybridized carbons (Fsp3) is 0.455. The summed E-state index contributed by atoms with van der Waals surface area (Å²) in [6, 6.07) is 4.65. The fourth-order valence-electron chi connectivity index (χ4n) is 1.56. The molecule has 0 saturated carbocycles. The molecule has 2 rings (SSSR count). The highest BCUT2D eigenvalue weighted by Crippen LogP contribution is 2.36. The van der Waals surface area contributed by atoms with E-state index in [1.807, 2.05) is 7.05 Å². The summed E-state index contributed by atoms with van der Waals surface area (Å²) >= 11 is 0. The fourth-order valence-corrected chi connectivity index (χ4v) is 1.56. The second-order valence-corrected chi connectivity index (χ2v) is 4.27. The molecule has 2 nitrogen and oxygen atoms in total. The van der Waals surface area contributed by atoms with Gasteiger partial charge in [-0.3, -0.25) is 0 Å². The second-order valence-electron chi connectivity index (χ2n) is 4.27. The topological polar surface area (TPSA) is 12.5 Å².